The largest absolute Gasteiger partial charge is 0.456 e. The quantitative estimate of drug-likeness (QED) is 0.570. The van der Waals surface area contributed by atoms with Crippen LogP contribution in [0.15, 0.2) is 23.5 Å². The molecule has 0 aromatic rings. The molecule has 0 saturated heterocycles. The monoisotopic (exact) mass is 374 g/mol. The van der Waals surface area contributed by atoms with E-state index in [-0.39, 0.29) is 5.91 Å². The van der Waals surface area contributed by atoms with E-state index in [0.717, 1.165) is 11.8 Å². The summed E-state index contributed by atoms with van der Waals surface area (Å²) in [5.41, 5.74) is -0.164. The summed E-state index contributed by atoms with van der Waals surface area (Å²) in [6, 6.07) is 0. The highest BCUT2D eigenvalue weighted by Crippen LogP contribution is 2.18. The Balaban J connectivity index is 2.80. The van der Waals surface area contributed by atoms with Gasteiger partial charge in [0.1, 0.15) is 11.4 Å². The number of rotatable bonds is 6. The van der Waals surface area contributed by atoms with Crippen molar-refractivity contribution in [2.45, 2.75) is 39.2 Å². The number of hydrogen-bond acceptors (Lipinski definition) is 5. The van der Waals surface area contributed by atoms with Crippen molar-refractivity contribution in [2.75, 3.05) is 19.0 Å². The molecule has 7 heteroatoms. The average Bonchev–Trinajstić information content (AvgIpc) is 2.43. The van der Waals surface area contributed by atoms with Gasteiger partial charge >= 0.3 is 5.97 Å². The lowest BCUT2D eigenvalue weighted by Crippen LogP contribution is -2.37. The fourth-order valence-electron chi connectivity index (χ4n) is 1.74. The normalized spacial score (nSPS) is 15.0. The molecule has 0 fully saturated rings. The van der Waals surface area contributed by atoms with Gasteiger partial charge in [0.15, 0.2) is 0 Å². The average molecular weight is 375 g/mol. The highest BCUT2D eigenvalue weighted by molar-refractivity contribution is 9.09. The van der Waals surface area contributed by atoms with Crippen molar-refractivity contribution in [3.63, 3.8) is 0 Å². The van der Waals surface area contributed by atoms with Crippen molar-refractivity contribution in [1.29, 1.82) is 0 Å². The Kier molecular flexibility index (Phi) is 7.09. The lowest BCUT2D eigenvalue weighted by Gasteiger charge is -2.28. The Morgan fingerprint density at radius 3 is 2.64 bits per heavy atom. The van der Waals surface area contributed by atoms with Gasteiger partial charge in [-0.1, -0.05) is 15.9 Å². The predicted molar refractivity (Wildman–Crippen MR) is 86.9 cm³/mol. The minimum Gasteiger partial charge on any atom is -0.456 e. The third-order valence-electron chi connectivity index (χ3n) is 2.70. The van der Waals surface area contributed by atoms with Crippen LogP contribution < -0.4 is 5.32 Å². The van der Waals surface area contributed by atoms with E-state index in [2.05, 4.69) is 21.2 Å². The molecule has 124 valence electrons. The van der Waals surface area contributed by atoms with Crippen molar-refractivity contribution < 1.29 is 19.2 Å². The zero-order chi connectivity index (χ0) is 16.8. The molecular weight excluding hydrogens is 352 g/mol. The number of carbonyl (C=O) groups is 2. The van der Waals surface area contributed by atoms with Crippen molar-refractivity contribution in [1.82, 2.24) is 10.4 Å². The van der Waals surface area contributed by atoms with Gasteiger partial charge in [0.05, 0.1) is 19.2 Å². The first-order valence-corrected chi connectivity index (χ1v) is 8.21. The fraction of sp³-hybridized carbons (Fsp3) is 0.600. The van der Waals surface area contributed by atoms with Crippen LogP contribution in [-0.2, 0) is 19.2 Å². The fourth-order valence-corrected chi connectivity index (χ4v) is 2.02. The van der Waals surface area contributed by atoms with Gasteiger partial charge in [-0.2, -0.15) is 0 Å². The number of halogens is 1. The lowest BCUT2D eigenvalue weighted by atomic mass is 10.1. The second-order valence-corrected chi connectivity index (χ2v) is 6.57. The van der Waals surface area contributed by atoms with Crippen molar-refractivity contribution >= 4 is 27.8 Å². The number of ether oxygens (including phenoxy) is 1. The first-order valence-electron chi connectivity index (χ1n) is 7.09. The standard InChI is InChI=1S/C15H23BrN2O4/c1-15(2,3)22-14(20)11-7-9-18(21-4)12(10-11)17-13(19)6-5-8-16/h7,10H,5-6,8-9H2,1-4H3,(H,17,19). The maximum absolute atomic E-state index is 12.1. The molecule has 0 spiro atoms. The summed E-state index contributed by atoms with van der Waals surface area (Å²) in [6.45, 7) is 5.78. The third-order valence-corrected chi connectivity index (χ3v) is 3.26. The van der Waals surface area contributed by atoms with Crippen LogP contribution in [0, 0.1) is 0 Å². The maximum Gasteiger partial charge on any atom is 0.338 e. The number of esters is 1. The summed E-state index contributed by atoms with van der Waals surface area (Å²) in [4.78, 5) is 29.1. The van der Waals surface area contributed by atoms with Gasteiger partial charge in [0.25, 0.3) is 0 Å². The zero-order valence-electron chi connectivity index (χ0n) is 13.4. The van der Waals surface area contributed by atoms with Crippen molar-refractivity contribution in [2.24, 2.45) is 0 Å². The van der Waals surface area contributed by atoms with Crippen LogP contribution in [0.2, 0.25) is 0 Å². The van der Waals surface area contributed by atoms with Crippen LogP contribution in [0.3, 0.4) is 0 Å². The highest BCUT2D eigenvalue weighted by Gasteiger charge is 2.23. The van der Waals surface area contributed by atoms with Gasteiger partial charge in [0.2, 0.25) is 5.91 Å². The van der Waals surface area contributed by atoms with Crippen LogP contribution in [0.1, 0.15) is 33.6 Å². The van der Waals surface area contributed by atoms with Gasteiger partial charge in [-0.3, -0.25) is 9.63 Å². The molecule has 22 heavy (non-hydrogen) atoms. The van der Waals surface area contributed by atoms with Gasteiger partial charge < -0.3 is 10.1 Å². The minimum absolute atomic E-state index is 0.127. The Hall–Kier alpha value is -1.34. The van der Waals surface area contributed by atoms with Gasteiger partial charge in [-0.15, -0.1) is 0 Å². The topological polar surface area (TPSA) is 67.9 Å². The van der Waals surface area contributed by atoms with Crippen LogP contribution in [-0.4, -0.2) is 41.5 Å². The second-order valence-electron chi connectivity index (χ2n) is 5.78. The van der Waals surface area contributed by atoms with Gasteiger partial charge in [-0.05, 0) is 39.3 Å². The molecule has 0 unspecified atom stereocenters. The van der Waals surface area contributed by atoms with Crippen LogP contribution >= 0.6 is 15.9 Å². The molecule has 0 radical (unpaired) electrons. The smallest absolute Gasteiger partial charge is 0.338 e. The Morgan fingerprint density at radius 2 is 2.09 bits per heavy atom. The molecule has 1 aliphatic rings. The maximum atomic E-state index is 12.1. The van der Waals surface area contributed by atoms with E-state index >= 15 is 0 Å². The Labute approximate surface area is 139 Å². The molecule has 1 amide bonds. The van der Waals surface area contributed by atoms with E-state index in [4.69, 9.17) is 9.57 Å². The zero-order valence-corrected chi connectivity index (χ0v) is 15.0. The summed E-state index contributed by atoms with van der Waals surface area (Å²) < 4.78 is 5.33. The molecule has 0 aromatic carbocycles. The molecule has 1 N–H and O–H groups in total. The number of carbonyl (C=O) groups excluding carboxylic acids is 2. The molecular formula is C15H23BrN2O4. The van der Waals surface area contributed by atoms with Crippen LogP contribution in [0.5, 0.6) is 0 Å². The molecule has 1 heterocycles. The molecule has 0 aromatic heterocycles. The van der Waals surface area contributed by atoms with Crippen molar-refractivity contribution in [3.8, 4) is 0 Å². The number of amides is 1. The Morgan fingerprint density at radius 1 is 1.41 bits per heavy atom. The number of nitrogens with one attached hydrogen (secondary N) is 1. The molecule has 0 atom stereocenters. The SMILES string of the molecule is CON1CC=C(C(=O)OC(C)(C)C)C=C1NC(=O)CCCBr. The first kappa shape index (κ1) is 18.7. The molecule has 1 aliphatic heterocycles. The molecule has 0 saturated carbocycles. The van der Waals surface area contributed by atoms with E-state index in [1.165, 1.54) is 12.2 Å². The van der Waals surface area contributed by atoms with E-state index in [9.17, 15) is 9.59 Å². The lowest BCUT2D eigenvalue weighted by molar-refractivity contribution is -0.150. The van der Waals surface area contributed by atoms with Crippen molar-refractivity contribution in [3.05, 3.63) is 23.5 Å². The van der Waals surface area contributed by atoms with E-state index in [1.807, 2.05) is 20.8 Å². The van der Waals surface area contributed by atoms with Gasteiger partial charge in [0, 0.05) is 11.8 Å². The molecule has 0 bridgehead atoms. The van der Waals surface area contributed by atoms with E-state index < -0.39 is 11.6 Å². The number of alkyl halides is 1. The Bertz CT molecular complexity index is 480. The van der Waals surface area contributed by atoms with E-state index in [0.29, 0.717) is 24.4 Å². The first-order chi connectivity index (χ1) is 10.3. The number of hydrogen-bond donors (Lipinski definition) is 1. The summed E-state index contributed by atoms with van der Waals surface area (Å²) >= 11 is 3.29. The van der Waals surface area contributed by atoms with Crippen LogP contribution in [0.25, 0.3) is 0 Å². The minimum atomic E-state index is -0.566. The molecule has 6 nitrogen and oxygen atoms in total. The predicted octanol–water partition coefficient (Wildman–Crippen LogP) is 2.26. The molecule has 0 aliphatic carbocycles. The summed E-state index contributed by atoms with van der Waals surface area (Å²) in [5.74, 6) is -0.112. The second kappa shape index (κ2) is 8.33. The highest BCUT2D eigenvalue weighted by atomic mass is 79.9. The van der Waals surface area contributed by atoms with Gasteiger partial charge in [-0.25, -0.2) is 9.86 Å². The summed E-state index contributed by atoms with van der Waals surface area (Å²) in [5, 5.41) is 5.02. The number of nitrogens with zero attached hydrogens (tertiary/aromatic N) is 1. The molecule has 1 rings (SSSR count). The summed E-state index contributed by atoms with van der Waals surface area (Å²) in [6.07, 6.45) is 4.39. The number of hydroxylamine groups is 2. The van der Waals surface area contributed by atoms with E-state index in [1.54, 1.807) is 12.2 Å². The summed E-state index contributed by atoms with van der Waals surface area (Å²) in [7, 11) is 1.50. The van der Waals surface area contributed by atoms with Crippen LogP contribution in [0.4, 0.5) is 0 Å². The third kappa shape index (κ3) is 6.19.